The van der Waals surface area contributed by atoms with Crippen LogP contribution in [-0.2, 0) is 100 Å². The lowest BCUT2D eigenvalue weighted by Gasteiger charge is -2.44. The third-order valence-electron chi connectivity index (χ3n) is 20.5. The minimum Gasteiger partial charge on any atom is -0.481 e. The highest BCUT2D eigenvalue weighted by Gasteiger charge is 2.44. The number of aliphatic carboxylic acids is 1. The Bertz CT molecular complexity index is 2630. The lowest BCUT2D eigenvalue weighted by molar-refractivity contribution is -0.255. The fraction of sp³-hybridized carbons (Fsp3) is 0.840. The summed E-state index contributed by atoms with van der Waals surface area (Å²) in [7, 11) is 0. The predicted molar refractivity (Wildman–Crippen MR) is 384 cm³/mol. The maximum atomic E-state index is 14.5. The zero-order chi connectivity index (χ0) is 77.1. The van der Waals surface area contributed by atoms with Crippen LogP contribution in [0.2, 0.25) is 0 Å². The normalized spacial score (nSPS) is 24.8. The Morgan fingerprint density at radius 1 is 0.385 bits per heavy atom. The number of hydrogen-bond acceptors (Lipinski definition) is 22. The van der Waals surface area contributed by atoms with Crippen LogP contribution in [0.3, 0.4) is 0 Å². The highest BCUT2D eigenvalue weighted by molar-refractivity contribution is 5.91. The number of Topliss-reactive ketones (excluding diaryl/α,β-unsaturated/α-hetero) is 2. The molecule has 3 heterocycles. The molecule has 3 fully saturated rings. The van der Waals surface area contributed by atoms with E-state index in [-0.39, 0.29) is 167 Å². The van der Waals surface area contributed by atoms with Crippen molar-refractivity contribution in [3.8, 4) is 0 Å². The Hall–Kier alpha value is -6.24. The van der Waals surface area contributed by atoms with Crippen molar-refractivity contribution in [2.45, 2.75) is 274 Å². The molecule has 0 radical (unpaired) electrons. The molecular weight excluding hydrogens is 1350 g/mol. The summed E-state index contributed by atoms with van der Waals surface area (Å²) in [6, 6.07) is -1.48. The molecule has 3 aliphatic heterocycles. The molecule has 29 nitrogen and oxygen atoms in total. The number of nitrogens with zero attached hydrogens (tertiary/aromatic N) is 1. The van der Waals surface area contributed by atoms with Gasteiger partial charge in [0, 0.05) is 124 Å². The molecule has 29 heteroatoms. The molecule has 7 N–H and O–H groups in total. The second-order valence-electron chi connectivity index (χ2n) is 28.8. The van der Waals surface area contributed by atoms with Gasteiger partial charge in [0.15, 0.2) is 24.7 Å². The number of ketones is 2. The van der Waals surface area contributed by atoms with Crippen molar-refractivity contribution in [3.05, 3.63) is 0 Å². The Labute approximate surface area is 617 Å². The summed E-state index contributed by atoms with van der Waals surface area (Å²) in [6.07, 6.45) is 6.41. The van der Waals surface area contributed by atoms with Crippen molar-refractivity contribution >= 4 is 70.9 Å². The van der Waals surface area contributed by atoms with Crippen LogP contribution in [0.4, 0.5) is 0 Å². The molecule has 0 saturated carbocycles. The second kappa shape index (κ2) is 51.9. The van der Waals surface area contributed by atoms with E-state index in [0.717, 1.165) is 51.4 Å². The van der Waals surface area contributed by atoms with Gasteiger partial charge in [-0.2, -0.15) is 0 Å². The van der Waals surface area contributed by atoms with Crippen molar-refractivity contribution in [2.75, 3.05) is 85.5 Å². The standard InChI is InChI=1S/C75H129N7O22/c1-48-50(3)63(45-99-57(10)84)102-73(54(48)7)96-39-24-16-13-20-35-77-67(90)33-31-60(87)43-82(44-70(93)80-42-69(92)79-37-22-15-18-26-41-98-75-72(81-56(9)83)53(6)52(5)65(104-75)47-101-59(12)86)61(28-19-23-38-76-66(89)29-27-30-71(94)95)62(88)32-34-68(91)78-36-21-14-17-25-40-97-74-55(8)49(2)51(4)64(103-74)46-100-58(11)85/h48-55,61,63-65,72-75H,13-47H2,1-12H3,(H,76,89)(H,77,90)(H,78,91)(H,79,92)(H,80,93)(H,81,83)(H,94,95)/t48-,49-,50+,51+,52+,53-,54?,55?,61?,63?,64?,65?,72?,73+,74+,75+/m0/s1. The molecule has 6 amide bonds. The van der Waals surface area contributed by atoms with Crippen LogP contribution in [0.1, 0.15) is 224 Å². The highest BCUT2D eigenvalue weighted by atomic mass is 16.7. The fourth-order valence-corrected chi connectivity index (χ4v) is 13.0. The van der Waals surface area contributed by atoms with Gasteiger partial charge in [0.1, 0.15) is 25.6 Å². The zero-order valence-electron chi connectivity index (χ0n) is 64.5. The maximum Gasteiger partial charge on any atom is 0.303 e. The molecule has 104 heavy (non-hydrogen) atoms. The number of unbranched alkanes of at least 4 members (excludes halogenated alkanes) is 10. The van der Waals surface area contributed by atoms with Gasteiger partial charge in [0.2, 0.25) is 35.4 Å². The first-order valence-corrected chi connectivity index (χ1v) is 38.3. The molecule has 16 atom stereocenters. The van der Waals surface area contributed by atoms with Gasteiger partial charge in [-0.05, 0) is 99.7 Å². The minimum atomic E-state index is -1.07. The Balaban J connectivity index is 1.61. The van der Waals surface area contributed by atoms with Crippen LogP contribution >= 0.6 is 0 Å². The molecule has 596 valence electrons. The van der Waals surface area contributed by atoms with Crippen LogP contribution in [0.5, 0.6) is 0 Å². The van der Waals surface area contributed by atoms with Crippen LogP contribution in [0.25, 0.3) is 0 Å². The number of ether oxygens (including phenoxy) is 9. The summed E-state index contributed by atoms with van der Waals surface area (Å²) in [4.78, 5) is 153. The number of carboxylic acids is 1. The van der Waals surface area contributed by atoms with E-state index in [1.54, 1.807) is 0 Å². The number of carboxylic acid groups (broad SMARTS) is 1. The molecule has 0 aromatic heterocycles. The summed E-state index contributed by atoms with van der Waals surface area (Å²) >= 11 is 0. The number of esters is 3. The zero-order valence-corrected chi connectivity index (χ0v) is 64.5. The molecule has 0 aromatic rings. The number of carbonyl (C=O) groups is 12. The van der Waals surface area contributed by atoms with Crippen LogP contribution < -0.4 is 31.9 Å². The maximum absolute atomic E-state index is 14.5. The quantitative estimate of drug-likeness (QED) is 0.0193. The molecule has 3 saturated heterocycles. The lowest BCUT2D eigenvalue weighted by Crippen LogP contribution is -2.58. The van der Waals surface area contributed by atoms with Crippen molar-refractivity contribution in [2.24, 2.45) is 47.3 Å². The number of nitrogens with one attached hydrogen (secondary N) is 6. The van der Waals surface area contributed by atoms with Gasteiger partial charge in [-0.25, -0.2) is 0 Å². The van der Waals surface area contributed by atoms with E-state index in [9.17, 15) is 57.5 Å². The van der Waals surface area contributed by atoms with E-state index in [4.69, 9.17) is 47.7 Å². The summed E-state index contributed by atoms with van der Waals surface area (Å²) in [5.74, 6) is -4.23. The third kappa shape index (κ3) is 37.8. The topological polar surface area (TPSA) is 384 Å². The van der Waals surface area contributed by atoms with Gasteiger partial charge in [0.25, 0.3) is 0 Å². The van der Waals surface area contributed by atoms with Gasteiger partial charge >= 0.3 is 23.9 Å². The smallest absolute Gasteiger partial charge is 0.303 e. The number of amides is 6. The molecule has 3 rings (SSSR count). The first-order chi connectivity index (χ1) is 49.5. The van der Waals surface area contributed by atoms with Crippen molar-refractivity contribution in [1.82, 2.24) is 36.8 Å². The number of carbonyl (C=O) groups excluding carboxylic acids is 11. The third-order valence-corrected chi connectivity index (χ3v) is 20.5. The van der Waals surface area contributed by atoms with Gasteiger partial charge in [-0.15, -0.1) is 0 Å². The second-order valence-corrected chi connectivity index (χ2v) is 28.8. The van der Waals surface area contributed by atoms with Crippen LogP contribution in [0.15, 0.2) is 0 Å². The average molecular weight is 1480 g/mol. The molecule has 0 spiro atoms. The highest BCUT2D eigenvalue weighted by Crippen LogP contribution is 2.38. The van der Waals surface area contributed by atoms with E-state index < -0.39 is 92.0 Å². The Morgan fingerprint density at radius 2 is 0.779 bits per heavy atom. The van der Waals surface area contributed by atoms with Gasteiger partial charge in [0.05, 0.1) is 50.0 Å². The minimum absolute atomic E-state index is 0.0118. The predicted octanol–water partition coefficient (Wildman–Crippen LogP) is 6.55. The van der Waals surface area contributed by atoms with Crippen LogP contribution in [-0.4, -0.2) is 216 Å². The van der Waals surface area contributed by atoms with E-state index in [1.165, 1.54) is 32.6 Å². The number of rotatable bonds is 54. The molecule has 0 aliphatic carbocycles. The molecule has 7 unspecified atom stereocenters. The van der Waals surface area contributed by atoms with Gasteiger partial charge in [-0.1, -0.05) is 93.9 Å². The first-order valence-electron chi connectivity index (χ1n) is 38.3. The van der Waals surface area contributed by atoms with E-state index in [0.29, 0.717) is 83.9 Å². The number of hydrogen-bond donors (Lipinski definition) is 7. The van der Waals surface area contributed by atoms with E-state index in [1.807, 2.05) is 13.8 Å². The van der Waals surface area contributed by atoms with E-state index >= 15 is 0 Å². The first kappa shape index (κ1) is 92.0. The molecule has 0 bridgehead atoms. The van der Waals surface area contributed by atoms with Crippen molar-refractivity contribution in [3.63, 3.8) is 0 Å². The lowest BCUT2D eigenvalue weighted by atomic mass is 9.79. The SMILES string of the molecule is CC(=O)NC1[C@H](OCCCCCCNC(=O)CNC(=O)CN(CC(=O)CCC(=O)NCCCCCCO[C@@H]2OC(COC(C)=O)[C@H](C)[C@H](C)C2C)C(CCCCNC(=O)CCCC(=O)O)C(=O)CCC(=O)NCCCCCCO[C@@H]2OC(COC(C)=O)[C@H](C)[C@H](C)C2C)OC(COC(C)=O)[C@H](C)[C@@H]1C. The summed E-state index contributed by atoms with van der Waals surface area (Å²) in [5.41, 5.74) is 0. The monoisotopic (exact) mass is 1480 g/mol. The summed E-state index contributed by atoms with van der Waals surface area (Å²) in [6.45, 7) is 23.7. The van der Waals surface area contributed by atoms with Crippen molar-refractivity contribution in [1.29, 1.82) is 0 Å². The average Bonchev–Trinajstić information content (AvgIpc) is 0.829. The summed E-state index contributed by atoms with van der Waals surface area (Å²) in [5, 5.41) is 25.9. The largest absolute Gasteiger partial charge is 0.481 e. The van der Waals surface area contributed by atoms with Crippen molar-refractivity contribution < 1.29 is 105 Å². The molecular formula is C75H129N7O22. The van der Waals surface area contributed by atoms with Crippen LogP contribution in [0, 0.1) is 47.3 Å². The Morgan fingerprint density at radius 3 is 1.22 bits per heavy atom. The molecule has 3 aliphatic rings. The van der Waals surface area contributed by atoms with E-state index in [2.05, 4.69) is 73.4 Å². The summed E-state index contributed by atoms with van der Waals surface area (Å²) < 4.78 is 52.7. The Kier molecular flexibility index (Phi) is 45.9. The molecule has 0 aromatic carbocycles. The van der Waals surface area contributed by atoms with Gasteiger partial charge < -0.3 is 79.6 Å². The fourth-order valence-electron chi connectivity index (χ4n) is 13.0. The van der Waals surface area contributed by atoms with Gasteiger partial charge in [-0.3, -0.25) is 62.4 Å².